The summed E-state index contributed by atoms with van der Waals surface area (Å²) in [5.41, 5.74) is 0.988. The molecule has 0 spiro atoms. The fourth-order valence-electron chi connectivity index (χ4n) is 1.68. The summed E-state index contributed by atoms with van der Waals surface area (Å²) in [7, 11) is 0. The molecule has 0 bridgehead atoms. The number of non-ortho nitro benzene ring substituents is 1. The van der Waals surface area contributed by atoms with Crippen molar-refractivity contribution in [3.63, 3.8) is 0 Å². The van der Waals surface area contributed by atoms with Crippen LogP contribution < -0.4 is 0 Å². The van der Waals surface area contributed by atoms with E-state index in [0.717, 1.165) is 21.8 Å². The van der Waals surface area contributed by atoms with E-state index < -0.39 is 4.92 Å². The van der Waals surface area contributed by atoms with Gasteiger partial charge in [0.1, 0.15) is 5.75 Å². The molecule has 0 amide bonds. The Morgan fingerprint density at radius 2 is 1.79 bits per heavy atom. The van der Waals surface area contributed by atoms with E-state index in [4.69, 9.17) is 0 Å². The molecule has 98 valence electrons. The zero-order valence-corrected chi connectivity index (χ0v) is 11.2. The number of phenols is 1. The summed E-state index contributed by atoms with van der Waals surface area (Å²) < 4.78 is 0. The molecular weight excluding hydrogens is 262 g/mol. The van der Waals surface area contributed by atoms with Gasteiger partial charge in [-0.1, -0.05) is 24.8 Å². The van der Waals surface area contributed by atoms with Gasteiger partial charge in [-0.2, -0.15) is 0 Å². The van der Waals surface area contributed by atoms with Crippen LogP contribution in [0.25, 0.3) is 0 Å². The molecule has 0 aliphatic heterocycles. The van der Waals surface area contributed by atoms with Crippen LogP contribution in [0.15, 0.2) is 52.3 Å². The van der Waals surface area contributed by atoms with Crippen molar-refractivity contribution >= 4 is 17.4 Å². The Hall–Kier alpha value is -2.01. The minimum Gasteiger partial charge on any atom is -0.508 e. The lowest BCUT2D eigenvalue weighted by Gasteiger charge is -2.05. The molecule has 0 aromatic heterocycles. The van der Waals surface area contributed by atoms with Gasteiger partial charge in [-0.3, -0.25) is 10.1 Å². The smallest absolute Gasteiger partial charge is 0.269 e. The van der Waals surface area contributed by atoms with Gasteiger partial charge in [0, 0.05) is 21.9 Å². The summed E-state index contributed by atoms with van der Waals surface area (Å²) >= 11 is 1.46. The number of benzene rings is 2. The van der Waals surface area contributed by atoms with Crippen molar-refractivity contribution in [3.05, 3.63) is 58.1 Å². The van der Waals surface area contributed by atoms with E-state index in [1.165, 1.54) is 23.9 Å². The maximum absolute atomic E-state index is 10.6. The molecule has 4 nitrogen and oxygen atoms in total. The van der Waals surface area contributed by atoms with Gasteiger partial charge in [0.25, 0.3) is 5.69 Å². The lowest BCUT2D eigenvalue weighted by atomic mass is 10.1. The molecule has 0 aliphatic carbocycles. The molecule has 2 aromatic rings. The van der Waals surface area contributed by atoms with Gasteiger partial charge in [0.15, 0.2) is 0 Å². The van der Waals surface area contributed by atoms with Gasteiger partial charge in [-0.25, -0.2) is 0 Å². The molecule has 0 aliphatic rings. The largest absolute Gasteiger partial charge is 0.508 e. The molecule has 2 aromatic carbocycles. The first-order valence-electron chi connectivity index (χ1n) is 5.84. The van der Waals surface area contributed by atoms with Crippen molar-refractivity contribution in [1.29, 1.82) is 0 Å². The van der Waals surface area contributed by atoms with Gasteiger partial charge in [0.05, 0.1) is 4.92 Å². The van der Waals surface area contributed by atoms with Crippen molar-refractivity contribution in [3.8, 4) is 5.75 Å². The molecule has 0 fully saturated rings. The lowest BCUT2D eigenvalue weighted by Crippen LogP contribution is -1.86. The second kappa shape index (κ2) is 5.75. The minimum absolute atomic E-state index is 0.0773. The van der Waals surface area contributed by atoms with E-state index in [9.17, 15) is 15.2 Å². The molecule has 1 N–H and O–H groups in total. The van der Waals surface area contributed by atoms with Crippen LogP contribution in [0, 0.1) is 10.1 Å². The SMILES string of the molecule is CCc1ccc(Sc2ccc([N+](=O)[O-])cc2)cc1O. The number of nitro benzene ring substituents is 1. The molecule has 0 saturated heterocycles. The van der Waals surface area contributed by atoms with Gasteiger partial charge in [-0.15, -0.1) is 0 Å². The third kappa shape index (κ3) is 3.26. The monoisotopic (exact) mass is 275 g/mol. The summed E-state index contributed by atoms with van der Waals surface area (Å²) in [6, 6.07) is 11.9. The average molecular weight is 275 g/mol. The van der Waals surface area contributed by atoms with E-state index in [0.29, 0.717) is 0 Å². The van der Waals surface area contributed by atoms with E-state index in [1.807, 2.05) is 19.1 Å². The quantitative estimate of drug-likeness (QED) is 0.676. The van der Waals surface area contributed by atoms with Crippen LogP contribution in [-0.4, -0.2) is 10.0 Å². The highest BCUT2D eigenvalue weighted by molar-refractivity contribution is 7.99. The number of nitro groups is 1. The highest BCUT2D eigenvalue weighted by Crippen LogP contribution is 2.32. The minimum atomic E-state index is -0.420. The standard InChI is InChI=1S/C14H13NO3S/c1-2-10-3-6-13(9-14(10)16)19-12-7-4-11(5-8-12)15(17)18/h3-9,16H,2H2,1H3. The first-order chi connectivity index (χ1) is 9.10. The summed E-state index contributed by atoms with van der Waals surface area (Å²) in [5.74, 6) is 0.286. The third-order valence-electron chi connectivity index (χ3n) is 2.72. The van der Waals surface area contributed by atoms with Crippen LogP contribution in [0.4, 0.5) is 5.69 Å². The van der Waals surface area contributed by atoms with Gasteiger partial charge < -0.3 is 5.11 Å². The van der Waals surface area contributed by atoms with Gasteiger partial charge in [-0.05, 0) is 36.2 Å². The van der Waals surface area contributed by atoms with E-state index in [2.05, 4.69) is 0 Å². The molecular formula is C14H13NO3S. The van der Waals surface area contributed by atoms with Crippen molar-refractivity contribution in [2.75, 3.05) is 0 Å². The van der Waals surface area contributed by atoms with Gasteiger partial charge in [0.2, 0.25) is 0 Å². The van der Waals surface area contributed by atoms with Crippen LogP contribution in [0.1, 0.15) is 12.5 Å². The Balaban J connectivity index is 2.16. The lowest BCUT2D eigenvalue weighted by molar-refractivity contribution is -0.384. The van der Waals surface area contributed by atoms with Crippen molar-refractivity contribution in [2.45, 2.75) is 23.1 Å². The van der Waals surface area contributed by atoms with Crippen LogP contribution in [-0.2, 0) is 6.42 Å². The average Bonchev–Trinajstić information content (AvgIpc) is 2.39. The number of phenolic OH excluding ortho intramolecular Hbond substituents is 1. The molecule has 19 heavy (non-hydrogen) atoms. The Labute approximate surface area is 115 Å². The van der Waals surface area contributed by atoms with Crippen molar-refractivity contribution in [2.24, 2.45) is 0 Å². The fraction of sp³-hybridized carbons (Fsp3) is 0.143. The Morgan fingerprint density at radius 1 is 1.16 bits per heavy atom. The number of aromatic hydroxyl groups is 1. The number of hydrogen-bond donors (Lipinski definition) is 1. The molecule has 0 atom stereocenters. The van der Waals surface area contributed by atoms with E-state index in [1.54, 1.807) is 18.2 Å². The Kier molecular flexibility index (Phi) is 4.06. The van der Waals surface area contributed by atoms with E-state index in [-0.39, 0.29) is 11.4 Å². The number of rotatable bonds is 4. The van der Waals surface area contributed by atoms with Crippen molar-refractivity contribution < 1.29 is 10.0 Å². The molecule has 0 radical (unpaired) electrons. The normalized spacial score (nSPS) is 10.4. The Bertz CT molecular complexity index is 596. The summed E-state index contributed by atoms with van der Waals surface area (Å²) in [5, 5.41) is 20.3. The zero-order chi connectivity index (χ0) is 13.8. The summed E-state index contributed by atoms with van der Waals surface area (Å²) in [6.07, 6.45) is 0.786. The van der Waals surface area contributed by atoms with Gasteiger partial charge >= 0.3 is 0 Å². The molecule has 0 unspecified atom stereocenters. The third-order valence-corrected chi connectivity index (χ3v) is 3.72. The Morgan fingerprint density at radius 3 is 2.32 bits per heavy atom. The van der Waals surface area contributed by atoms with Crippen LogP contribution in [0.2, 0.25) is 0 Å². The van der Waals surface area contributed by atoms with Crippen LogP contribution in [0.3, 0.4) is 0 Å². The van der Waals surface area contributed by atoms with Crippen molar-refractivity contribution in [1.82, 2.24) is 0 Å². The molecule has 0 heterocycles. The number of nitrogens with zero attached hydrogens (tertiary/aromatic N) is 1. The zero-order valence-electron chi connectivity index (χ0n) is 10.4. The van der Waals surface area contributed by atoms with Crippen LogP contribution >= 0.6 is 11.8 Å². The van der Waals surface area contributed by atoms with Crippen LogP contribution in [0.5, 0.6) is 5.75 Å². The summed E-state index contributed by atoms with van der Waals surface area (Å²) in [4.78, 5) is 11.9. The molecule has 2 rings (SSSR count). The highest BCUT2D eigenvalue weighted by atomic mass is 32.2. The first-order valence-corrected chi connectivity index (χ1v) is 6.66. The predicted molar refractivity (Wildman–Crippen MR) is 74.7 cm³/mol. The highest BCUT2D eigenvalue weighted by Gasteiger charge is 2.06. The summed E-state index contributed by atoms with van der Waals surface area (Å²) in [6.45, 7) is 1.98. The first kappa shape index (κ1) is 13.4. The maximum Gasteiger partial charge on any atom is 0.269 e. The molecule has 0 saturated carbocycles. The second-order valence-electron chi connectivity index (χ2n) is 4.00. The number of hydrogen-bond acceptors (Lipinski definition) is 4. The maximum atomic E-state index is 10.6. The predicted octanol–water partition coefficient (Wildman–Crippen LogP) is 4.01. The topological polar surface area (TPSA) is 63.4 Å². The molecule has 5 heteroatoms. The second-order valence-corrected chi connectivity index (χ2v) is 5.14. The number of aryl methyl sites for hydroxylation is 1. The van der Waals surface area contributed by atoms with E-state index >= 15 is 0 Å². The fourth-order valence-corrected chi connectivity index (χ4v) is 2.53.